The molecule has 0 saturated heterocycles. The second kappa shape index (κ2) is 6.19. The monoisotopic (exact) mass is 335 g/mol. The van der Waals surface area contributed by atoms with Gasteiger partial charge in [0, 0.05) is 23.7 Å². The molecule has 4 aromatic rings. The number of aryl methyl sites for hydroxylation is 1. The first kappa shape index (κ1) is 15.8. The summed E-state index contributed by atoms with van der Waals surface area (Å²) in [4.78, 5) is 13.1. The van der Waals surface area contributed by atoms with Crippen molar-refractivity contribution < 1.29 is 0 Å². The number of benzene rings is 2. The molecule has 24 heavy (non-hydrogen) atoms. The molecule has 0 saturated carbocycles. The van der Waals surface area contributed by atoms with Crippen LogP contribution in [0, 0.1) is 12.3 Å². The third kappa shape index (κ3) is 2.64. The number of anilines is 2. The summed E-state index contributed by atoms with van der Waals surface area (Å²) in [7, 11) is 1.97. The number of rotatable bonds is 2. The highest BCUT2D eigenvalue weighted by Gasteiger charge is 2.08. The van der Waals surface area contributed by atoms with Gasteiger partial charge in [0.25, 0.3) is 0 Å². The first-order valence-electron chi connectivity index (χ1n) is 7.14. The third-order valence-electron chi connectivity index (χ3n) is 3.77. The van der Waals surface area contributed by atoms with Gasteiger partial charge in [-0.1, -0.05) is 12.0 Å². The van der Waals surface area contributed by atoms with E-state index in [1.807, 2.05) is 48.0 Å². The highest BCUT2D eigenvalue weighted by atomic mass is 35.5. The fourth-order valence-corrected chi connectivity index (χ4v) is 2.60. The quantitative estimate of drug-likeness (QED) is 0.568. The summed E-state index contributed by atoms with van der Waals surface area (Å²) in [5.74, 6) is 3.38. The molecule has 0 aliphatic rings. The Morgan fingerprint density at radius 1 is 1.08 bits per heavy atom. The molecule has 2 aromatic heterocycles. The van der Waals surface area contributed by atoms with E-state index in [2.05, 4.69) is 26.2 Å². The molecule has 0 amide bonds. The van der Waals surface area contributed by atoms with Crippen molar-refractivity contribution in [1.29, 1.82) is 0 Å². The van der Waals surface area contributed by atoms with Crippen molar-refractivity contribution in [2.45, 2.75) is 0 Å². The summed E-state index contributed by atoms with van der Waals surface area (Å²) >= 11 is 0. The smallest absolute Gasteiger partial charge is 0.141 e. The van der Waals surface area contributed by atoms with Crippen LogP contribution in [0.4, 0.5) is 11.5 Å². The second-order valence-electron chi connectivity index (χ2n) is 5.29. The van der Waals surface area contributed by atoms with E-state index in [0.717, 1.165) is 39.0 Å². The van der Waals surface area contributed by atoms with Crippen molar-refractivity contribution in [2.75, 3.05) is 5.32 Å². The van der Waals surface area contributed by atoms with E-state index in [1.54, 1.807) is 12.7 Å². The van der Waals surface area contributed by atoms with Gasteiger partial charge in [-0.3, -0.25) is 0 Å². The van der Waals surface area contributed by atoms with Crippen LogP contribution >= 0.6 is 12.4 Å². The minimum absolute atomic E-state index is 0. The maximum absolute atomic E-state index is 5.46. The van der Waals surface area contributed by atoms with Crippen LogP contribution in [0.1, 0.15) is 5.56 Å². The molecule has 5 nitrogen and oxygen atoms in total. The lowest BCUT2D eigenvalue weighted by atomic mass is 10.2. The Hall–Kier alpha value is -3.10. The molecular formula is C18H14ClN5. The summed E-state index contributed by atoms with van der Waals surface area (Å²) in [5.41, 5.74) is 4.52. The average Bonchev–Trinajstić information content (AvgIpc) is 2.94. The van der Waals surface area contributed by atoms with Gasteiger partial charge < -0.3 is 9.88 Å². The maximum atomic E-state index is 5.46. The van der Waals surface area contributed by atoms with Gasteiger partial charge in [0.2, 0.25) is 0 Å². The zero-order valence-corrected chi connectivity index (χ0v) is 13.7. The molecule has 0 radical (unpaired) electrons. The normalized spacial score (nSPS) is 10.3. The van der Waals surface area contributed by atoms with Crippen LogP contribution in [-0.4, -0.2) is 19.5 Å². The lowest BCUT2D eigenvalue weighted by Crippen LogP contribution is -1.97. The summed E-state index contributed by atoms with van der Waals surface area (Å²) in [5, 5.41) is 4.26. The van der Waals surface area contributed by atoms with Crippen LogP contribution in [0.25, 0.3) is 21.9 Å². The predicted molar refractivity (Wildman–Crippen MR) is 98.7 cm³/mol. The molecule has 0 unspecified atom stereocenters. The summed E-state index contributed by atoms with van der Waals surface area (Å²) in [6.45, 7) is 0. The first-order valence-corrected chi connectivity index (χ1v) is 7.14. The van der Waals surface area contributed by atoms with E-state index >= 15 is 0 Å². The lowest BCUT2D eigenvalue weighted by Gasteiger charge is -2.09. The van der Waals surface area contributed by atoms with Gasteiger partial charge in [-0.05, 0) is 30.3 Å². The van der Waals surface area contributed by atoms with E-state index in [-0.39, 0.29) is 12.4 Å². The molecule has 6 heteroatoms. The van der Waals surface area contributed by atoms with Crippen LogP contribution in [0.3, 0.4) is 0 Å². The molecule has 2 aromatic carbocycles. The Balaban J connectivity index is 0.00000169. The standard InChI is InChI=1S/C18H13N5.ClH/c1-3-12-5-4-6-13(7-12)22-18-14-8-17-16(21-11-23(17)2)9-15(14)19-10-20-18;/h1,4-11H,2H3,(H,19,20,22);1H. The van der Waals surface area contributed by atoms with Gasteiger partial charge >= 0.3 is 0 Å². The Labute approximate surface area is 145 Å². The van der Waals surface area contributed by atoms with Gasteiger partial charge in [0.15, 0.2) is 0 Å². The maximum Gasteiger partial charge on any atom is 0.141 e. The number of hydrogen-bond donors (Lipinski definition) is 1. The number of terminal acetylenes is 1. The van der Waals surface area contributed by atoms with E-state index in [1.165, 1.54) is 0 Å². The molecule has 0 aliphatic carbocycles. The van der Waals surface area contributed by atoms with E-state index in [4.69, 9.17) is 6.42 Å². The zero-order valence-electron chi connectivity index (χ0n) is 12.9. The Bertz CT molecular complexity index is 1080. The van der Waals surface area contributed by atoms with Gasteiger partial charge in [-0.15, -0.1) is 18.8 Å². The molecule has 118 valence electrons. The second-order valence-corrected chi connectivity index (χ2v) is 5.29. The van der Waals surface area contributed by atoms with E-state index in [9.17, 15) is 0 Å². The number of fused-ring (bicyclic) bond motifs is 2. The fraction of sp³-hybridized carbons (Fsp3) is 0.0556. The van der Waals surface area contributed by atoms with Crippen LogP contribution in [0.15, 0.2) is 49.1 Å². The van der Waals surface area contributed by atoms with Crippen molar-refractivity contribution in [2.24, 2.45) is 7.05 Å². The molecule has 1 N–H and O–H groups in total. The molecule has 0 atom stereocenters. The lowest BCUT2D eigenvalue weighted by molar-refractivity contribution is 0.948. The van der Waals surface area contributed by atoms with Crippen molar-refractivity contribution in [1.82, 2.24) is 19.5 Å². The Kier molecular flexibility index (Phi) is 4.07. The van der Waals surface area contributed by atoms with Gasteiger partial charge in [-0.2, -0.15) is 0 Å². The van der Waals surface area contributed by atoms with Crippen LogP contribution in [0.2, 0.25) is 0 Å². The number of aromatic nitrogens is 4. The highest BCUT2D eigenvalue weighted by Crippen LogP contribution is 2.27. The SMILES string of the molecule is C#Cc1cccc(Nc2ncnc3cc4ncn(C)c4cc23)c1.Cl. The predicted octanol–water partition coefficient (Wildman–Crippen LogP) is 3.66. The minimum Gasteiger partial charge on any atom is -0.340 e. The van der Waals surface area contributed by atoms with Crippen LogP contribution in [0.5, 0.6) is 0 Å². The van der Waals surface area contributed by atoms with Gasteiger partial charge in [-0.25, -0.2) is 15.0 Å². The fourth-order valence-electron chi connectivity index (χ4n) is 2.60. The number of hydrogen-bond acceptors (Lipinski definition) is 4. The molecular weight excluding hydrogens is 322 g/mol. The van der Waals surface area contributed by atoms with Crippen molar-refractivity contribution in [3.05, 3.63) is 54.6 Å². The summed E-state index contributed by atoms with van der Waals surface area (Å²) < 4.78 is 1.98. The molecule has 2 heterocycles. The Morgan fingerprint density at radius 2 is 1.96 bits per heavy atom. The van der Waals surface area contributed by atoms with Crippen LogP contribution < -0.4 is 5.32 Å². The van der Waals surface area contributed by atoms with Crippen molar-refractivity contribution in [3.8, 4) is 12.3 Å². The van der Waals surface area contributed by atoms with Crippen LogP contribution in [-0.2, 0) is 7.05 Å². The van der Waals surface area contributed by atoms with E-state index < -0.39 is 0 Å². The highest BCUT2D eigenvalue weighted by molar-refractivity contribution is 5.99. The summed E-state index contributed by atoms with van der Waals surface area (Å²) in [6, 6.07) is 11.7. The largest absolute Gasteiger partial charge is 0.340 e. The molecule has 0 fully saturated rings. The van der Waals surface area contributed by atoms with Gasteiger partial charge in [0.05, 0.1) is 22.9 Å². The number of nitrogens with zero attached hydrogens (tertiary/aromatic N) is 4. The van der Waals surface area contributed by atoms with Crippen molar-refractivity contribution in [3.63, 3.8) is 0 Å². The van der Waals surface area contributed by atoms with E-state index in [0.29, 0.717) is 0 Å². The molecule has 0 aliphatic heterocycles. The average molecular weight is 336 g/mol. The molecule has 0 spiro atoms. The topological polar surface area (TPSA) is 55.6 Å². The Morgan fingerprint density at radius 3 is 2.79 bits per heavy atom. The number of nitrogens with one attached hydrogen (secondary N) is 1. The molecule has 4 rings (SSSR count). The van der Waals surface area contributed by atoms with Gasteiger partial charge in [0.1, 0.15) is 12.1 Å². The third-order valence-corrected chi connectivity index (χ3v) is 3.77. The number of halogens is 1. The zero-order chi connectivity index (χ0) is 15.8. The van der Waals surface area contributed by atoms with Crippen molar-refractivity contribution >= 4 is 45.8 Å². The summed E-state index contributed by atoms with van der Waals surface area (Å²) in [6.07, 6.45) is 8.79. The number of imidazole rings is 1. The molecule has 0 bridgehead atoms. The minimum atomic E-state index is 0. The first-order chi connectivity index (χ1) is 11.2.